The first-order valence-corrected chi connectivity index (χ1v) is 8.75. The molecule has 0 saturated carbocycles. The predicted octanol–water partition coefficient (Wildman–Crippen LogP) is 4.14. The van der Waals surface area contributed by atoms with Gasteiger partial charge in [0.2, 0.25) is 0 Å². The molecule has 0 bridgehead atoms. The number of aromatic nitrogens is 1. The van der Waals surface area contributed by atoms with Gasteiger partial charge in [0.25, 0.3) is 5.91 Å². The van der Waals surface area contributed by atoms with Gasteiger partial charge in [-0.2, -0.15) is 0 Å². The molecule has 0 saturated heterocycles. The maximum absolute atomic E-state index is 13.5. The summed E-state index contributed by atoms with van der Waals surface area (Å²) < 4.78 is 5.33. The minimum Gasteiger partial charge on any atom is -0.497 e. The third-order valence-corrected chi connectivity index (χ3v) is 5.14. The fraction of sp³-hybridized carbons (Fsp3) is 0.136. The van der Waals surface area contributed by atoms with E-state index in [0.717, 1.165) is 16.9 Å². The first kappa shape index (κ1) is 15.8. The Morgan fingerprint density at radius 2 is 1.81 bits per heavy atom. The number of hydrogen-bond donors (Lipinski definition) is 0. The summed E-state index contributed by atoms with van der Waals surface area (Å²) in [6, 6.07) is 13.2. The molecule has 27 heavy (non-hydrogen) atoms. The Labute approximate surface area is 155 Å². The van der Waals surface area contributed by atoms with E-state index in [1.807, 2.05) is 43.3 Å². The lowest BCUT2D eigenvalue weighted by Crippen LogP contribution is -2.23. The molecule has 0 radical (unpaired) electrons. The fourth-order valence-electron chi connectivity index (χ4n) is 3.81. The van der Waals surface area contributed by atoms with E-state index in [0.29, 0.717) is 33.5 Å². The number of aryl methyl sites for hydroxylation is 1. The summed E-state index contributed by atoms with van der Waals surface area (Å²) >= 11 is 0. The van der Waals surface area contributed by atoms with Crippen molar-refractivity contribution in [3.63, 3.8) is 0 Å². The van der Waals surface area contributed by atoms with Gasteiger partial charge in [-0.05, 0) is 37.3 Å². The molecular formula is C22H16N2O3. The Hall–Kier alpha value is -3.47. The van der Waals surface area contributed by atoms with Crippen LogP contribution in [0.25, 0.3) is 16.6 Å². The Bertz CT molecular complexity index is 1180. The molecule has 0 N–H and O–H groups in total. The van der Waals surface area contributed by atoms with Crippen molar-refractivity contribution < 1.29 is 14.3 Å². The molecule has 0 fully saturated rings. The van der Waals surface area contributed by atoms with Crippen LogP contribution in [0.5, 0.6) is 5.75 Å². The van der Waals surface area contributed by atoms with Crippen molar-refractivity contribution in [3.05, 3.63) is 70.9 Å². The number of hydrogen-bond acceptors (Lipinski definition) is 4. The zero-order valence-corrected chi connectivity index (χ0v) is 14.9. The highest BCUT2D eigenvalue weighted by Crippen LogP contribution is 2.44. The van der Waals surface area contributed by atoms with Gasteiger partial charge in [-0.25, -0.2) is 4.98 Å². The molecule has 3 aromatic rings. The second-order valence-electron chi connectivity index (χ2n) is 6.79. The van der Waals surface area contributed by atoms with Crippen molar-refractivity contribution in [2.45, 2.75) is 13.3 Å². The smallest absolute Gasteiger partial charge is 0.264 e. The topological polar surface area (TPSA) is 59.5 Å². The summed E-state index contributed by atoms with van der Waals surface area (Å²) in [5.41, 5.74) is 4.80. The molecule has 1 aliphatic carbocycles. The van der Waals surface area contributed by atoms with Crippen molar-refractivity contribution in [2.24, 2.45) is 0 Å². The van der Waals surface area contributed by atoms with Gasteiger partial charge in [0.15, 0.2) is 5.78 Å². The third-order valence-electron chi connectivity index (χ3n) is 5.14. The van der Waals surface area contributed by atoms with E-state index in [2.05, 4.69) is 4.98 Å². The number of ketones is 1. The highest BCUT2D eigenvalue weighted by atomic mass is 16.5. The van der Waals surface area contributed by atoms with Gasteiger partial charge in [0.05, 0.1) is 23.9 Å². The number of fused-ring (bicyclic) bond motifs is 2. The third kappa shape index (κ3) is 2.15. The molecule has 1 aromatic heterocycles. The van der Waals surface area contributed by atoms with Crippen LogP contribution >= 0.6 is 0 Å². The molecule has 2 aromatic carbocycles. The molecule has 2 heterocycles. The fourth-order valence-corrected chi connectivity index (χ4v) is 3.81. The second kappa shape index (κ2) is 5.51. The van der Waals surface area contributed by atoms with E-state index < -0.39 is 0 Å². The van der Waals surface area contributed by atoms with Crippen molar-refractivity contribution in [3.8, 4) is 5.75 Å². The monoisotopic (exact) mass is 356 g/mol. The number of Topliss-reactive ketones (excluding diaryl/α,β-unsaturated/α-hetero) is 1. The second-order valence-corrected chi connectivity index (χ2v) is 6.79. The van der Waals surface area contributed by atoms with Gasteiger partial charge in [0, 0.05) is 23.1 Å². The summed E-state index contributed by atoms with van der Waals surface area (Å²) in [4.78, 5) is 32.2. The minimum absolute atomic E-state index is 0.0636. The molecule has 132 valence electrons. The number of methoxy groups -OCH3 is 1. The lowest BCUT2D eigenvalue weighted by atomic mass is 9.94. The van der Waals surface area contributed by atoms with E-state index >= 15 is 0 Å². The van der Waals surface area contributed by atoms with Crippen molar-refractivity contribution in [1.82, 2.24) is 4.98 Å². The van der Waals surface area contributed by atoms with Crippen molar-refractivity contribution in [1.29, 1.82) is 0 Å². The highest BCUT2D eigenvalue weighted by molar-refractivity contribution is 6.30. The number of carbonyl (C=O) groups excluding carboxylic acids is 2. The number of benzene rings is 2. The quantitative estimate of drug-likeness (QED) is 0.692. The molecule has 0 spiro atoms. The van der Waals surface area contributed by atoms with Crippen LogP contribution in [-0.2, 0) is 0 Å². The first-order valence-electron chi connectivity index (χ1n) is 8.75. The molecule has 5 nitrogen and oxygen atoms in total. The average Bonchev–Trinajstić information content (AvgIpc) is 2.98. The summed E-state index contributed by atoms with van der Waals surface area (Å²) in [7, 11) is 1.58. The van der Waals surface area contributed by atoms with Gasteiger partial charge < -0.3 is 4.74 Å². The van der Waals surface area contributed by atoms with Crippen LogP contribution in [0.15, 0.2) is 48.5 Å². The van der Waals surface area contributed by atoms with Gasteiger partial charge in [-0.15, -0.1) is 0 Å². The molecule has 0 atom stereocenters. The van der Waals surface area contributed by atoms with E-state index in [4.69, 9.17) is 4.74 Å². The number of allylic oxidation sites excluding steroid dienone is 1. The van der Waals surface area contributed by atoms with Crippen LogP contribution in [-0.4, -0.2) is 23.8 Å². The SMILES string of the molecule is COc1ccc2nc3c4c(c2c1)C(=O)N(c1ccc(C)cc1)C4=CCC3=O. The van der Waals surface area contributed by atoms with Crippen LogP contribution in [0.2, 0.25) is 0 Å². The van der Waals surface area contributed by atoms with E-state index in [1.54, 1.807) is 24.1 Å². The van der Waals surface area contributed by atoms with Gasteiger partial charge in [-0.3, -0.25) is 14.5 Å². The Kier molecular flexibility index (Phi) is 3.22. The molecule has 5 heteroatoms. The number of anilines is 1. The van der Waals surface area contributed by atoms with E-state index in [-0.39, 0.29) is 18.1 Å². The number of amides is 1. The zero-order chi connectivity index (χ0) is 18.7. The summed E-state index contributed by atoms with van der Waals surface area (Å²) in [5, 5.41) is 0.702. The Balaban J connectivity index is 1.83. The molecule has 1 aliphatic heterocycles. The van der Waals surface area contributed by atoms with Gasteiger partial charge >= 0.3 is 0 Å². The van der Waals surface area contributed by atoms with Crippen LogP contribution in [0.4, 0.5) is 5.69 Å². The number of pyridine rings is 1. The average molecular weight is 356 g/mol. The molecule has 2 aliphatic rings. The first-order chi connectivity index (χ1) is 13.1. The van der Waals surface area contributed by atoms with Crippen LogP contribution in [0.3, 0.4) is 0 Å². The summed E-state index contributed by atoms with van der Waals surface area (Å²) in [6.45, 7) is 2.00. The maximum atomic E-state index is 13.5. The Morgan fingerprint density at radius 1 is 1.04 bits per heavy atom. The van der Waals surface area contributed by atoms with Crippen LogP contribution in [0.1, 0.15) is 38.4 Å². The number of ether oxygens (including phenoxy) is 1. The van der Waals surface area contributed by atoms with Gasteiger partial charge in [0.1, 0.15) is 11.4 Å². The van der Waals surface area contributed by atoms with Crippen LogP contribution in [0, 0.1) is 6.92 Å². The van der Waals surface area contributed by atoms with E-state index in [1.165, 1.54) is 0 Å². The molecule has 1 amide bonds. The number of carbonyl (C=O) groups is 2. The maximum Gasteiger partial charge on any atom is 0.264 e. The minimum atomic E-state index is -0.142. The zero-order valence-electron chi connectivity index (χ0n) is 14.9. The normalized spacial score (nSPS) is 15.2. The lowest BCUT2D eigenvalue weighted by Gasteiger charge is -2.21. The standard InChI is InChI=1S/C22H16N2O3/c1-12-3-5-13(6-4-12)24-17-9-10-18(25)21-20(17)19(22(24)26)15-11-14(27-2)7-8-16(15)23-21/h3-9,11H,10H2,1-2H3. The largest absolute Gasteiger partial charge is 0.497 e. The van der Waals surface area contributed by atoms with Crippen molar-refractivity contribution >= 4 is 34.0 Å². The lowest BCUT2D eigenvalue weighted by molar-refractivity contribution is 0.0987. The highest BCUT2D eigenvalue weighted by Gasteiger charge is 2.40. The number of nitrogens with zero attached hydrogens (tertiary/aromatic N) is 2. The number of rotatable bonds is 2. The molecule has 0 unspecified atom stereocenters. The van der Waals surface area contributed by atoms with E-state index in [9.17, 15) is 9.59 Å². The molecular weight excluding hydrogens is 340 g/mol. The van der Waals surface area contributed by atoms with Crippen LogP contribution < -0.4 is 9.64 Å². The van der Waals surface area contributed by atoms with Gasteiger partial charge in [-0.1, -0.05) is 23.8 Å². The summed E-state index contributed by atoms with van der Waals surface area (Å²) in [5.74, 6) is 0.442. The summed E-state index contributed by atoms with van der Waals surface area (Å²) in [6.07, 6.45) is 2.07. The predicted molar refractivity (Wildman–Crippen MR) is 103 cm³/mol. The Morgan fingerprint density at radius 3 is 2.56 bits per heavy atom. The van der Waals surface area contributed by atoms with Crippen molar-refractivity contribution in [2.75, 3.05) is 12.0 Å². The molecule has 5 rings (SSSR count).